The molecule has 146 valence electrons. The predicted octanol–water partition coefficient (Wildman–Crippen LogP) is 4.54. The number of carbonyl (C=O) groups is 2. The van der Waals surface area contributed by atoms with Gasteiger partial charge in [-0.2, -0.15) is 0 Å². The summed E-state index contributed by atoms with van der Waals surface area (Å²) in [6, 6.07) is 15.6. The number of halogens is 1. The molecule has 4 rings (SSSR count). The van der Waals surface area contributed by atoms with Crippen molar-refractivity contribution in [3.63, 3.8) is 0 Å². The van der Waals surface area contributed by atoms with Crippen LogP contribution in [0.4, 0.5) is 5.69 Å². The van der Waals surface area contributed by atoms with Crippen LogP contribution < -0.4 is 15.4 Å². The van der Waals surface area contributed by atoms with Gasteiger partial charge in [-0.1, -0.05) is 23.7 Å². The van der Waals surface area contributed by atoms with Gasteiger partial charge < -0.3 is 19.8 Å². The number of amides is 2. The third kappa shape index (κ3) is 4.33. The van der Waals surface area contributed by atoms with Gasteiger partial charge >= 0.3 is 0 Å². The lowest BCUT2D eigenvalue weighted by molar-refractivity contribution is -0.115. The minimum atomic E-state index is -0.402. The molecule has 0 unspecified atom stereocenters. The van der Waals surface area contributed by atoms with E-state index >= 15 is 0 Å². The summed E-state index contributed by atoms with van der Waals surface area (Å²) < 4.78 is 11.2. The smallest absolute Gasteiger partial charge is 0.291 e. The standard InChI is InChI=1S/C22H17ClN2O4/c1-13-5-7-17(28-13)12-24-21(26)15-6-8-19-18(11-15)25-22(27)20(29-19)10-14-3-2-4-16(23)9-14/h2-11H,12H2,1H3,(H,24,26)(H,25,27)/b20-10-. The zero-order valence-corrected chi connectivity index (χ0v) is 16.2. The number of hydrogen-bond donors (Lipinski definition) is 2. The average molecular weight is 409 g/mol. The second-order valence-corrected chi connectivity index (χ2v) is 6.96. The largest absolute Gasteiger partial charge is 0.465 e. The van der Waals surface area contributed by atoms with E-state index in [4.69, 9.17) is 20.8 Å². The van der Waals surface area contributed by atoms with Crippen LogP contribution in [0.2, 0.25) is 5.02 Å². The summed E-state index contributed by atoms with van der Waals surface area (Å²) in [5.41, 5.74) is 1.58. The van der Waals surface area contributed by atoms with Crippen LogP contribution in [0.3, 0.4) is 0 Å². The number of furan rings is 1. The van der Waals surface area contributed by atoms with Gasteiger partial charge in [0.25, 0.3) is 11.8 Å². The SMILES string of the molecule is Cc1ccc(CNC(=O)c2ccc3c(c2)NC(=O)/C(=C/c2cccc(Cl)c2)O3)o1. The molecule has 0 atom stereocenters. The van der Waals surface area contributed by atoms with Crippen molar-refractivity contribution >= 4 is 35.2 Å². The number of fused-ring (bicyclic) bond motifs is 1. The van der Waals surface area contributed by atoms with Crippen LogP contribution in [0.15, 0.2) is 64.8 Å². The van der Waals surface area contributed by atoms with Gasteiger partial charge in [0.15, 0.2) is 11.5 Å². The lowest BCUT2D eigenvalue weighted by Crippen LogP contribution is -2.25. The van der Waals surface area contributed by atoms with Crippen LogP contribution in [0.1, 0.15) is 27.4 Å². The quantitative estimate of drug-likeness (QED) is 0.621. The van der Waals surface area contributed by atoms with Crippen LogP contribution in [0.5, 0.6) is 5.75 Å². The van der Waals surface area contributed by atoms with Crippen LogP contribution >= 0.6 is 11.6 Å². The van der Waals surface area contributed by atoms with Crippen LogP contribution in [-0.4, -0.2) is 11.8 Å². The Hall–Kier alpha value is -3.51. The van der Waals surface area contributed by atoms with Crippen molar-refractivity contribution in [2.24, 2.45) is 0 Å². The first-order valence-corrected chi connectivity index (χ1v) is 9.30. The molecular formula is C22H17ClN2O4. The molecule has 6 nitrogen and oxygen atoms in total. The lowest BCUT2D eigenvalue weighted by Gasteiger charge is -2.20. The first kappa shape index (κ1) is 18.8. The van der Waals surface area contributed by atoms with Gasteiger partial charge in [0, 0.05) is 10.6 Å². The number of carbonyl (C=O) groups excluding carboxylic acids is 2. The Morgan fingerprint density at radius 2 is 2.03 bits per heavy atom. The maximum absolute atomic E-state index is 12.4. The molecule has 7 heteroatoms. The molecule has 0 saturated heterocycles. The van der Waals surface area contributed by atoms with Crippen LogP contribution in [0, 0.1) is 6.92 Å². The van der Waals surface area contributed by atoms with Gasteiger partial charge in [-0.3, -0.25) is 9.59 Å². The molecule has 2 aromatic carbocycles. The van der Waals surface area contributed by atoms with E-state index in [0.717, 1.165) is 11.3 Å². The maximum atomic E-state index is 12.4. The fraction of sp³-hybridized carbons (Fsp3) is 0.0909. The Labute approximate surface area is 172 Å². The van der Waals surface area contributed by atoms with Gasteiger partial charge in [-0.15, -0.1) is 0 Å². The lowest BCUT2D eigenvalue weighted by atomic mass is 10.1. The molecule has 0 fully saturated rings. The molecule has 1 aliphatic heterocycles. The van der Waals surface area contributed by atoms with Gasteiger partial charge in [0.1, 0.15) is 11.5 Å². The van der Waals surface area contributed by atoms with E-state index < -0.39 is 5.91 Å². The Bertz CT molecular complexity index is 1130. The first-order valence-electron chi connectivity index (χ1n) is 8.92. The highest BCUT2D eigenvalue weighted by atomic mass is 35.5. The molecular weight excluding hydrogens is 392 g/mol. The van der Waals surface area contributed by atoms with Gasteiger partial charge in [-0.25, -0.2) is 0 Å². The third-order valence-electron chi connectivity index (χ3n) is 4.30. The summed E-state index contributed by atoms with van der Waals surface area (Å²) in [4.78, 5) is 24.8. The summed E-state index contributed by atoms with van der Waals surface area (Å²) in [6.07, 6.45) is 1.61. The number of anilines is 1. The second-order valence-electron chi connectivity index (χ2n) is 6.53. The van der Waals surface area contributed by atoms with E-state index in [1.807, 2.05) is 25.1 Å². The van der Waals surface area contributed by atoms with Gasteiger partial charge in [0.05, 0.1) is 12.2 Å². The van der Waals surface area contributed by atoms with E-state index in [0.29, 0.717) is 27.8 Å². The number of ether oxygens (including phenoxy) is 1. The van der Waals surface area contributed by atoms with Crippen molar-refractivity contribution in [2.75, 3.05) is 5.32 Å². The highest BCUT2D eigenvalue weighted by molar-refractivity contribution is 6.30. The van der Waals surface area contributed by atoms with E-state index in [9.17, 15) is 9.59 Å². The highest BCUT2D eigenvalue weighted by Gasteiger charge is 2.23. The van der Waals surface area contributed by atoms with Crippen molar-refractivity contribution in [2.45, 2.75) is 13.5 Å². The molecule has 0 radical (unpaired) electrons. The van der Waals surface area contributed by atoms with Crippen LogP contribution in [-0.2, 0) is 11.3 Å². The average Bonchev–Trinajstić information content (AvgIpc) is 3.11. The summed E-state index contributed by atoms with van der Waals surface area (Å²) in [5, 5.41) is 6.10. The Morgan fingerprint density at radius 1 is 1.17 bits per heavy atom. The van der Waals surface area contributed by atoms with E-state index in [1.165, 1.54) is 0 Å². The monoisotopic (exact) mass is 408 g/mol. The maximum Gasteiger partial charge on any atom is 0.291 e. The number of aryl methyl sites for hydroxylation is 1. The molecule has 0 aliphatic carbocycles. The summed E-state index contributed by atoms with van der Waals surface area (Å²) in [6.45, 7) is 2.12. The molecule has 2 amide bonds. The molecule has 0 bridgehead atoms. The minimum Gasteiger partial charge on any atom is -0.465 e. The van der Waals surface area contributed by atoms with Crippen molar-refractivity contribution in [1.82, 2.24) is 5.32 Å². The third-order valence-corrected chi connectivity index (χ3v) is 4.53. The topological polar surface area (TPSA) is 80.6 Å². The minimum absolute atomic E-state index is 0.144. The predicted molar refractivity (Wildman–Crippen MR) is 110 cm³/mol. The number of nitrogens with one attached hydrogen (secondary N) is 2. The molecule has 1 aliphatic rings. The fourth-order valence-corrected chi connectivity index (χ4v) is 3.10. The van der Waals surface area contributed by atoms with E-state index in [1.54, 1.807) is 42.5 Å². The molecule has 2 N–H and O–H groups in total. The van der Waals surface area contributed by atoms with Crippen molar-refractivity contribution in [3.8, 4) is 5.75 Å². The normalized spacial score (nSPS) is 14.1. The van der Waals surface area contributed by atoms with Crippen molar-refractivity contribution in [3.05, 3.63) is 88.0 Å². The second kappa shape index (κ2) is 7.85. The zero-order chi connectivity index (χ0) is 20.4. The van der Waals surface area contributed by atoms with E-state index in [2.05, 4.69) is 10.6 Å². The van der Waals surface area contributed by atoms with Gasteiger partial charge in [0.2, 0.25) is 0 Å². The van der Waals surface area contributed by atoms with Crippen molar-refractivity contribution in [1.29, 1.82) is 0 Å². The number of rotatable bonds is 4. The molecule has 29 heavy (non-hydrogen) atoms. The molecule has 2 heterocycles. The van der Waals surface area contributed by atoms with Crippen LogP contribution in [0.25, 0.3) is 6.08 Å². The Morgan fingerprint density at radius 3 is 2.79 bits per heavy atom. The Balaban J connectivity index is 1.49. The first-order chi connectivity index (χ1) is 14.0. The highest BCUT2D eigenvalue weighted by Crippen LogP contribution is 2.32. The molecule has 3 aromatic rings. The Kier molecular flexibility index (Phi) is 5.10. The summed E-state index contributed by atoms with van der Waals surface area (Å²) in [7, 11) is 0. The van der Waals surface area contributed by atoms with Gasteiger partial charge in [-0.05, 0) is 61.0 Å². The molecule has 0 spiro atoms. The number of hydrogen-bond acceptors (Lipinski definition) is 4. The van der Waals surface area contributed by atoms with Crippen molar-refractivity contribution < 1.29 is 18.7 Å². The summed E-state index contributed by atoms with van der Waals surface area (Å²) >= 11 is 5.98. The fourth-order valence-electron chi connectivity index (χ4n) is 2.90. The summed E-state index contributed by atoms with van der Waals surface area (Å²) in [5.74, 6) is 1.37. The van der Waals surface area contributed by atoms with E-state index in [-0.39, 0.29) is 18.2 Å². The number of benzene rings is 2. The zero-order valence-electron chi connectivity index (χ0n) is 15.5. The molecule has 0 saturated carbocycles. The molecule has 1 aromatic heterocycles.